The molecule has 1 aromatic rings. The lowest BCUT2D eigenvalue weighted by atomic mass is 9.85. The van der Waals surface area contributed by atoms with Crippen molar-refractivity contribution in [2.75, 3.05) is 13.1 Å². The molecule has 0 aliphatic carbocycles. The van der Waals surface area contributed by atoms with Crippen LogP contribution in [0.1, 0.15) is 24.0 Å². The normalized spacial score (nSPS) is 19.8. The first-order valence-electron chi connectivity index (χ1n) is 5.39. The fourth-order valence-electron chi connectivity index (χ4n) is 2.14. The van der Waals surface area contributed by atoms with Gasteiger partial charge in [-0.3, -0.25) is 0 Å². The highest BCUT2D eigenvalue weighted by Crippen LogP contribution is 2.38. The zero-order chi connectivity index (χ0) is 11.8. The van der Waals surface area contributed by atoms with Crippen LogP contribution in [0, 0.1) is 18.6 Å². The molecule has 88 valence electrons. The molecule has 0 amide bonds. The maximum Gasteiger partial charge on any atom is 0.144 e. The van der Waals surface area contributed by atoms with E-state index in [0.717, 1.165) is 6.07 Å². The van der Waals surface area contributed by atoms with Crippen LogP contribution < -0.4 is 5.32 Å². The number of hydrogen-bond donors (Lipinski definition) is 1. The second-order valence-electron chi connectivity index (χ2n) is 4.27. The number of nitrogens with one attached hydrogen (secondary N) is 1. The summed E-state index contributed by atoms with van der Waals surface area (Å²) in [5, 5.41) is 2.98. The summed E-state index contributed by atoms with van der Waals surface area (Å²) in [6.07, 6.45) is 0.231. The fourth-order valence-corrected chi connectivity index (χ4v) is 2.14. The van der Waals surface area contributed by atoms with E-state index in [4.69, 9.17) is 0 Å². The standard InChI is InChI=1S/C12H14F3N/c1-8-2-3-9(13)10(11(8)14)12(15)4-6-16-7-5-12/h2-3,16H,4-7H2,1H3. The van der Waals surface area contributed by atoms with Crippen molar-refractivity contribution in [3.63, 3.8) is 0 Å². The van der Waals surface area contributed by atoms with Gasteiger partial charge in [-0.1, -0.05) is 6.07 Å². The predicted molar refractivity (Wildman–Crippen MR) is 56.0 cm³/mol. The largest absolute Gasteiger partial charge is 0.316 e. The Hall–Kier alpha value is -1.03. The average molecular weight is 229 g/mol. The Labute approximate surface area is 92.7 Å². The lowest BCUT2D eigenvalue weighted by Crippen LogP contribution is -2.38. The van der Waals surface area contributed by atoms with Gasteiger partial charge in [0.1, 0.15) is 17.3 Å². The summed E-state index contributed by atoms with van der Waals surface area (Å²) in [6, 6.07) is 2.47. The highest BCUT2D eigenvalue weighted by Gasteiger charge is 2.38. The molecular weight excluding hydrogens is 215 g/mol. The van der Waals surface area contributed by atoms with Crippen LogP contribution in [-0.2, 0) is 5.67 Å². The highest BCUT2D eigenvalue weighted by molar-refractivity contribution is 5.32. The molecule has 0 radical (unpaired) electrons. The molecule has 1 N–H and O–H groups in total. The first-order valence-corrected chi connectivity index (χ1v) is 5.39. The molecule has 1 aliphatic heterocycles. The van der Waals surface area contributed by atoms with Crippen LogP contribution in [0.2, 0.25) is 0 Å². The second kappa shape index (κ2) is 4.09. The molecule has 1 aromatic carbocycles. The smallest absolute Gasteiger partial charge is 0.144 e. The molecule has 0 bridgehead atoms. The van der Waals surface area contributed by atoms with E-state index in [1.54, 1.807) is 0 Å². The molecule has 0 atom stereocenters. The molecule has 1 saturated heterocycles. The Bertz CT molecular complexity index is 397. The first-order chi connectivity index (χ1) is 7.54. The average Bonchev–Trinajstić information content (AvgIpc) is 2.25. The topological polar surface area (TPSA) is 12.0 Å². The molecule has 0 aromatic heterocycles. The SMILES string of the molecule is Cc1ccc(F)c(C2(F)CCNCC2)c1F. The number of rotatable bonds is 1. The molecule has 0 saturated carbocycles. The second-order valence-corrected chi connectivity index (χ2v) is 4.27. The zero-order valence-electron chi connectivity index (χ0n) is 9.12. The van der Waals surface area contributed by atoms with Gasteiger partial charge >= 0.3 is 0 Å². The molecule has 2 rings (SSSR count). The van der Waals surface area contributed by atoms with Gasteiger partial charge in [0.15, 0.2) is 0 Å². The van der Waals surface area contributed by atoms with Gasteiger partial charge in [-0.2, -0.15) is 0 Å². The molecule has 0 spiro atoms. The summed E-state index contributed by atoms with van der Waals surface area (Å²) in [5.41, 5.74) is -1.98. The summed E-state index contributed by atoms with van der Waals surface area (Å²) < 4.78 is 41.8. The van der Waals surface area contributed by atoms with Gasteiger partial charge in [-0.05, 0) is 44.5 Å². The minimum atomic E-state index is -1.87. The third kappa shape index (κ3) is 1.82. The Balaban J connectivity index is 2.49. The van der Waals surface area contributed by atoms with Crippen molar-refractivity contribution in [2.24, 2.45) is 0 Å². The van der Waals surface area contributed by atoms with Crippen LogP contribution in [-0.4, -0.2) is 13.1 Å². The lowest BCUT2D eigenvalue weighted by molar-refractivity contribution is 0.105. The minimum Gasteiger partial charge on any atom is -0.316 e. The van der Waals surface area contributed by atoms with Crippen LogP contribution in [0.4, 0.5) is 13.2 Å². The maximum absolute atomic E-state index is 14.5. The van der Waals surface area contributed by atoms with Crippen LogP contribution in [0.3, 0.4) is 0 Å². The van der Waals surface area contributed by atoms with Crippen molar-refractivity contribution in [1.29, 1.82) is 0 Å². The Morgan fingerprint density at radius 3 is 2.44 bits per heavy atom. The van der Waals surface area contributed by atoms with E-state index >= 15 is 0 Å². The number of halogens is 3. The van der Waals surface area contributed by atoms with E-state index in [-0.39, 0.29) is 18.4 Å². The molecule has 1 heterocycles. The molecule has 0 unspecified atom stereocenters. The van der Waals surface area contributed by atoms with E-state index in [2.05, 4.69) is 5.32 Å². The Morgan fingerprint density at radius 2 is 1.81 bits per heavy atom. The van der Waals surface area contributed by atoms with Crippen LogP contribution in [0.25, 0.3) is 0 Å². The summed E-state index contributed by atoms with van der Waals surface area (Å²) >= 11 is 0. The first kappa shape index (κ1) is 11.5. The summed E-state index contributed by atoms with van der Waals surface area (Å²) in [4.78, 5) is 0. The number of aryl methyl sites for hydroxylation is 1. The number of alkyl halides is 1. The lowest BCUT2D eigenvalue weighted by Gasteiger charge is -2.31. The van der Waals surface area contributed by atoms with Crippen LogP contribution in [0.15, 0.2) is 12.1 Å². The highest BCUT2D eigenvalue weighted by atomic mass is 19.2. The van der Waals surface area contributed by atoms with Gasteiger partial charge in [0.25, 0.3) is 0 Å². The zero-order valence-corrected chi connectivity index (χ0v) is 9.12. The minimum absolute atomic E-state index is 0.115. The maximum atomic E-state index is 14.5. The van der Waals surface area contributed by atoms with Crippen molar-refractivity contribution in [2.45, 2.75) is 25.4 Å². The van der Waals surface area contributed by atoms with Gasteiger partial charge in [-0.15, -0.1) is 0 Å². The number of benzene rings is 1. The van der Waals surface area contributed by atoms with E-state index in [1.165, 1.54) is 13.0 Å². The summed E-state index contributed by atoms with van der Waals surface area (Å²) in [6.45, 7) is 2.41. The monoisotopic (exact) mass is 229 g/mol. The van der Waals surface area contributed by atoms with Gasteiger partial charge in [0.2, 0.25) is 0 Å². The molecule has 4 heteroatoms. The van der Waals surface area contributed by atoms with Crippen molar-refractivity contribution < 1.29 is 13.2 Å². The Kier molecular flexibility index (Phi) is 2.93. The van der Waals surface area contributed by atoms with Crippen molar-refractivity contribution in [3.05, 3.63) is 34.9 Å². The number of piperidine rings is 1. The van der Waals surface area contributed by atoms with Gasteiger partial charge in [-0.25, -0.2) is 13.2 Å². The quantitative estimate of drug-likeness (QED) is 0.780. The van der Waals surface area contributed by atoms with Crippen molar-refractivity contribution in [1.82, 2.24) is 5.32 Å². The van der Waals surface area contributed by atoms with Gasteiger partial charge < -0.3 is 5.32 Å². The van der Waals surface area contributed by atoms with E-state index in [1.807, 2.05) is 0 Å². The molecule has 1 fully saturated rings. The predicted octanol–water partition coefficient (Wildman–Crippen LogP) is 2.82. The van der Waals surface area contributed by atoms with Crippen molar-refractivity contribution >= 4 is 0 Å². The molecule has 16 heavy (non-hydrogen) atoms. The van der Waals surface area contributed by atoms with E-state index in [0.29, 0.717) is 13.1 Å². The summed E-state index contributed by atoms with van der Waals surface area (Å²) in [5.74, 6) is -1.53. The molecule has 1 nitrogen and oxygen atoms in total. The van der Waals surface area contributed by atoms with Gasteiger partial charge in [0, 0.05) is 0 Å². The van der Waals surface area contributed by atoms with Crippen molar-refractivity contribution in [3.8, 4) is 0 Å². The van der Waals surface area contributed by atoms with Crippen LogP contribution >= 0.6 is 0 Å². The third-order valence-electron chi connectivity index (χ3n) is 3.13. The van der Waals surface area contributed by atoms with E-state index in [9.17, 15) is 13.2 Å². The molecule has 1 aliphatic rings. The third-order valence-corrected chi connectivity index (χ3v) is 3.13. The fraction of sp³-hybridized carbons (Fsp3) is 0.500. The molecular formula is C12H14F3N. The van der Waals surface area contributed by atoms with E-state index < -0.39 is 22.9 Å². The van der Waals surface area contributed by atoms with Gasteiger partial charge in [0.05, 0.1) is 5.56 Å². The summed E-state index contributed by atoms with van der Waals surface area (Å²) in [7, 11) is 0. The van der Waals surface area contributed by atoms with Crippen LogP contribution in [0.5, 0.6) is 0 Å². The number of hydrogen-bond acceptors (Lipinski definition) is 1. The Morgan fingerprint density at radius 1 is 1.19 bits per heavy atom.